The number of aliphatic hydroxyl groups excluding tert-OH is 1. The van der Waals surface area contributed by atoms with E-state index in [4.69, 9.17) is 5.11 Å². The SMILES string of the molecule is COC(=O)c1csc(CC(C)(C)CO)c1. The van der Waals surface area contributed by atoms with Crippen molar-refractivity contribution in [3.05, 3.63) is 21.9 Å². The molecule has 0 spiro atoms. The highest BCUT2D eigenvalue weighted by Gasteiger charge is 2.19. The van der Waals surface area contributed by atoms with Crippen LogP contribution in [0.4, 0.5) is 0 Å². The van der Waals surface area contributed by atoms with E-state index in [1.54, 1.807) is 5.38 Å². The minimum absolute atomic E-state index is 0.137. The van der Waals surface area contributed by atoms with Crippen LogP contribution in [0.15, 0.2) is 11.4 Å². The van der Waals surface area contributed by atoms with E-state index in [1.165, 1.54) is 18.4 Å². The van der Waals surface area contributed by atoms with Gasteiger partial charge in [0.15, 0.2) is 0 Å². The van der Waals surface area contributed by atoms with Gasteiger partial charge >= 0.3 is 5.97 Å². The molecule has 0 aromatic carbocycles. The van der Waals surface area contributed by atoms with E-state index in [1.807, 2.05) is 19.9 Å². The second-order valence-electron chi connectivity index (χ2n) is 4.29. The van der Waals surface area contributed by atoms with Crippen LogP contribution >= 0.6 is 11.3 Å². The van der Waals surface area contributed by atoms with Crippen LogP contribution in [-0.2, 0) is 11.2 Å². The average Bonchev–Trinajstić information content (AvgIpc) is 2.64. The van der Waals surface area contributed by atoms with Gasteiger partial charge in [-0.2, -0.15) is 0 Å². The van der Waals surface area contributed by atoms with Gasteiger partial charge in [0.25, 0.3) is 0 Å². The van der Waals surface area contributed by atoms with Gasteiger partial charge in [0.05, 0.1) is 12.7 Å². The summed E-state index contributed by atoms with van der Waals surface area (Å²) in [5.74, 6) is -0.306. The first kappa shape index (κ1) is 12.2. The maximum absolute atomic E-state index is 11.2. The molecule has 3 nitrogen and oxygen atoms in total. The van der Waals surface area contributed by atoms with Gasteiger partial charge in [-0.1, -0.05) is 13.8 Å². The van der Waals surface area contributed by atoms with Gasteiger partial charge in [-0.05, 0) is 17.9 Å². The molecule has 15 heavy (non-hydrogen) atoms. The highest BCUT2D eigenvalue weighted by molar-refractivity contribution is 7.10. The lowest BCUT2D eigenvalue weighted by Crippen LogP contribution is -2.19. The monoisotopic (exact) mass is 228 g/mol. The van der Waals surface area contributed by atoms with E-state index < -0.39 is 0 Å². The number of thiophene rings is 1. The van der Waals surface area contributed by atoms with E-state index in [2.05, 4.69) is 4.74 Å². The summed E-state index contributed by atoms with van der Waals surface area (Å²) >= 11 is 1.52. The number of carbonyl (C=O) groups excluding carboxylic acids is 1. The van der Waals surface area contributed by atoms with Gasteiger partial charge in [0.2, 0.25) is 0 Å². The highest BCUT2D eigenvalue weighted by atomic mass is 32.1. The average molecular weight is 228 g/mol. The molecule has 1 heterocycles. The molecule has 0 saturated heterocycles. The van der Waals surface area contributed by atoms with E-state index >= 15 is 0 Å². The number of rotatable bonds is 4. The quantitative estimate of drug-likeness (QED) is 0.803. The third-order valence-electron chi connectivity index (χ3n) is 2.16. The molecule has 0 atom stereocenters. The van der Waals surface area contributed by atoms with Crippen molar-refractivity contribution < 1.29 is 14.6 Å². The molecule has 0 radical (unpaired) electrons. The molecule has 0 unspecified atom stereocenters. The van der Waals surface area contributed by atoms with Crippen LogP contribution in [-0.4, -0.2) is 24.8 Å². The summed E-state index contributed by atoms with van der Waals surface area (Å²) in [7, 11) is 1.37. The summed E-state index contributed by atoms with van der Waals surface area (Å²) in [4.78, 5) is 12.3. The Bertz CT molecular complexity index is 341. The molecule has 0 aliphatic carbocycles. The molecule has 0 amide bonds. The molecule has 0 aliphatic rings. The summed E-state index contributed by atoms with van der Waals surface area (Å²) in [6.07, 6.45) is 0.769. The van der Waals surface area contributed by atoms with Crippen molar-refractivity contribution in [2.75, 3.05) is 13.7 Å². The number of carbonyl (C=O) groups is 1. The second-order valence-corrected chi connectivity index (χ2v) is 5.29. The smallest absolute Gasteiger partial charge is 0.338 e. The zero-order chi connectivity index (χ0) is 11.5. The van der Waals surface area contributed by atoms with Crippen LogP contribution in [0, 0.1) is 5.41 Å². The standard InChI is InChI=1S/C11H16O3S/c1-11(2,7-12)5-9-4-8(6-15-9)10(13)14-3/h4,6,12H,5,7H2,1-3H3. The molecule has 4 heteroatoms. The molecule has 0 aliphatic heterocycles. The summed E-state index contributed by atoms with van der Waals surface area (Å²) in [6, 6.07) is 1.83. The zero-order valence-corrected chi connectivity index (χ0v) is 10.1. The fourth-order valence-electron chi connectivity index (χ4n) is 1.23. The van der Waals surface area contributed by atoms with Gasteiger partial charge < -0.3 is 9.84 Å². The Labute approximate surface area is 93.7 Å². The summed E-state index contributed by atoms with van der Waals surface area (Å²) in [5.41, 5.74) is 0.448. The van der Waals surface area contributed by atoms with Crippen LogP contribution in [0.1, 0.15) is 29.1 Å². The Balaban J connectivity index is 2.73. The third kappa shape index (κ3) is 3.32. The molecule has 1 aromatic heterocycles. The number of aliphatic hydroxyl groups is 1. The fourth-order valence-corrected chi connectivity index (χ4v) is 2.34. The Morgan fingerprint density at radius 1 is 1.60 bits per heavy atom. The lowest BCUT2D eigenvalue weighted by molar-refractivity contribution is 0.0601. The normalized spacial score (nSPS) is 11.5. The second kappa shape index (κ2) is 4.77. The largest absolute Gasteiger partial charge is 0.465 e. The Morgan fingerprint density at radius 3 is 2.80 bits per heavy atom. The first-order valence-corrected chi connectivity index (χ1v) is 5.63. The van der Waals surface area contributed by atoms with Crippen molar-refractivity contribution in [2.24, 2.45) is 5.41 Å². The molecule has 0 fully saturated rings. The first-order valence-electron chi connectivity index (χ1n) is 4.75. The van der Waals surface area contributed by atoms with Crippen molar-refractivity contribution in [3.63, 3.8) is 0 Å². The molecule has 1 N–H and O–H groups in total. The summed E-state index contributed by atoms with van der Waals surface area (Å²) in [6.45, 7) is 4.12. The molecular weight excluding hydrogens is 212 g/mol. The van der Waals surface area contributed by atoms with Gasteiger partial charge in [-0.25, -0.2) is 4.79 Å². The van der Waals surface area contributed by atoms with Crippen molar-refractivity contribution in [3.8, 4) is 0 Å². The Hall–Kier alpha value is -0.870. The fraction of sp³-hybridized carbons (Fsp3) is 0.545. The van der Waals surface area contributed by atoms with Crippen LogP contribution in [0.3, 0.4) is 0 Å². The van der Waals surface area contributed by atoms with E-state index in [0.29, 0.717) is 5.56 Å². The lowest BCUT2D eigenvalue weighted by Gasteiger charge is -2.19. The van der Waals surface area contributed by atoms with Crippen molar-refractivity contribution in [2.45, 2.75) is 20.3 Å². The maximum atomic E-state index is 11.2. The molecule has 84 valence electrons. The minimum atomic E-state index is -0.306. The first-order chi connectivity index (χ1) is 6.98. The number of hydrogen-bond donors (Lipinski definition) is 1. The molecule has 0 saturated carbocycles. The van der Waals surface area contributed by atoms with E-state index in [0.717, 1.165) is 11.3 Å². The zero-order valence-electron chi connectivity index (χ0n) is 9.24. The van der Waals surface area contributed by atoms with Gasteiger partial charge in [-0.15, -0.1) is 11.3 Å². The van der Waals surface area contributed by atoms with Gasteiger partial charge in [0.1, 0.15) is 0 Å². The molecular formula is C11H16O3S. The predicted octanol–water partition coefficient (Wildman–Crippen LogP) is 2.10. The molecule has 0 bridgehead atoms. The molecule has 1 rings (SSSR count). The highest BCUT2D eigenvalue weighted by Crippen LogP contribution is 2.25. The van der Waals surface area contributed by atoms with Crippen molar-refractivity contribution >= 4 is 17.3 Å². The third-order valence-corrected chi connectivity index (χ3v) is 3.09. The summed E-state index contributed by atoms with van der Waals surface area (Å²) < 4.78 is 4.62. The summed E-state index contributed by atoms with van der Waals surface area (Å²) in [5, 5.41) is 10.9. The van der Waals surface area contributed by atoms with Gasteiger partial charge in [-0.3, -0.25) is 0 Å². The maximum Gasteiger partial charge on any atom is 0.338 e. The Morgan fingerprint density at radius 2 is 2.27 bits per heavy atom. The number of hydrogen-bond acceptors (Lipinski definition) is 4. The Kier molecular flexibility index (Phi) is 3.88. The molecule has 1 aromatic rings. The number of methoxy groups -OCH3 is 1. The topological polar surface area (TPSA) is 46.5 Å². The number of ether oxygens (including phenoxy) is 1. The van der Waals surface area contributed by atoms with Crippen LogP contribution in [0.5, 0.6) is 0 Å². The minimum Gasteiger partial charge on any atom is -0.465 e. The van der Waals surface area contributed by atoms with Gasteiger partial charge in [0, 0.05) is 16.9 Å². The predicted molar refractivity (Wildman–Crippen MR) is 60.2 cm³/mol. The van der Waals surface area contributed by atoms with Crippen LogP contribution in [0.25, 0.3) is 0 Å². The van der Waals surface area contributed by atoms with E-state index in [-0.39, 0.29) is 18.0 Å². The number of esters is 1. The van der Waals surface area contributed by atoms with Crippen molar-refractivity contribution in [1.29, 1.82) is 0 Å². The van der Waals surface area contributed by atoms with E-state index in [9.17, 15) is 4.79 Å². The van der Waals surface area contributed by atoms with Crippen LogP contribution < -0.4 is 0 Å². The van der Waals surface area contributed by atoms with Crippen LogP contribution in [0.2, 0.25) is 0 Å². The lowest BCUT2D eigenvalue weighted by atomic mass is 9.90. The van der Waals surface area contributed by atoms with Crippen molar-refractivity contribution in [1.82, 2.24) is 0 Å².